The number of nitrogens with one attached hydrogen (secondary N) is 1. The third-order valence-corrected chi connectivity index (χ3v) is 6.48. The summed E-state index contributed by atoms with van der Waals surface area (Å²) in [6, 6.07) is 20.3. The van der Waals surface area contributed by atoms with E-state index in [9.17, 15) is 0 Å². The van der Waals surface area contributed by atoms with Crippen LogP contribution in [-0.4, -0.2) is 29.0 Å². The van der Waals surface area contributed by atoms with Crippen LogP contribution in [0, 0.1) is 11.8 Å². The van der Waals surface area contributed by atoms with Gasteiger partial charge in [0.25, 0.3) is 0 Å². The molecule has 1 saturated heterocycles. The number of aromatic nitrogens is 1. The third-order valence-electron chi connectivity index (χ3n) is 6.48. The lowest BCUT2D eigenvalue weighted by Gasteiger charge is -2.43. The molecule has 0 spiro atoms. The van der Waals surface area contributed by atoms with Crippen molar-refractivity contribution in [2.24, 2.45) is 11.8 Å². The van der Waals surface area contributed by atoms with Crippen molar-refractivity contribution in [2.45, 2.75) is 39.2 Å². The summed E-state index contributed by atoms with van der Waals surface area (Å²) in [6.07, 6.45) is 10.4. The zero-order chi connectivity index (χ0) is 19.3. The van der Waals surface area contributed by atoms with Crippen LogP contribution in [0.4, 0.5) is 0 Å². The number of hydrogen-bond donors (Lipinski definition) is 1. The number of nitrogens with zero attached hydrogens (tertiary/aromatic N) is 1. The summed E-state index contributed by atoms with van der Waals surface area (Å²) in [5.41, 5.74) is 4.16. The summed E-state index contributed by atoms with van der Waals surface area (Å²) in [6.45, 7) is 6.90. The average Bonchev–Trinajstić information content (AvgIpc) is 3.13. The van der Waals surface area contributed by atoms with E-state index in [4.69, 9.17) is 0 Å². The van der Waals surface area contributed by atoms with Gasteiger partial charge >= 0.3 is 0 Å². The molecule has 1 aromatic heterocycles. The highest BCUT2D eigenvalue weighted by Crippen LogP contribution is 2.31. The van der Waals surface area contributed by atoms with E-state index < -0.39 is 0 Å². The van der Waals surface area contributed by atoms with E-state index in [0.717, 1.165) is 13.0 Å². The van der Waals surface area contributed by atoms with Crippen LogP contribution in [-0.2, 0) is 12.8 Å². The van der Waals surface area contributed by atoms with Crippen molar-refractivity contribution in [1.82, 2.24) is 9.88 Å². The molecule has 146 valence electrons. The molecule has 4 rings (SSSR count). The summed E-state index contributed by atoms with van der Waals surface area (Å²) in [5, 5.41) is 1.37. The van der Waals surface area contributed by atoms with Crippen molar-refractivity contribution >= 4 is 10.9 Å². The molecule has 1 fully saturated rings. The van der Waals surface area contributed by atoms with Gasteiger partial charge in [0.15, 0.2) is 0 Å². The van der Waals surface area contributed by atoms with Gasteiger partial charge in [-0.15, -0.1) is 0 Å². The van der Waals surface area contributed by atoms with Crippen LogP contribution in [0.1, 0.15) is 31.4 Å². The van der Waals surface area contributed by atoms with Gasteiger partial charge in [0, 0.05) is 36.2 Å². The van der Waals surface area contributed by atoms with Crippen LogP contribution >= 0.6 is 0 Å². The summed E-state index contributed by atoms with van der Waals surface area (Å²) in [5.74, 6) is 1.37. The second kappa shape index (κ2) is 8.79. The van der Waals surface area contributed by atoms with Crippen LogP contribution in [0.15, 0.2) is 72.9 Å². The van der Waals surface area contributed by atoms with Gasteiger partial charge in [0.05, 0.1) is 0 Å². The Morgan fingerprint density at radius 1 is 1.07 bits per heavy atom. The molecule has 1 aliphatic rings. The van der Waals surface area contributed by atoms with Crippen molar-refractivity contribution < 1.29 is 0 Å². The first-order chi connectivity index (χ1) is 13.7. The fourth-order valence-corrected chi connectivity index (χ4v) is 4.91. The Labute approximate surface area is 169 Å². The van der Waals surface area contributed by atoms with Crippen molar-refractivity contribution in [2.75, 3.05) is 13.1 Å². The summed E-state index contributed by atoms with van der Waals surface area (Å²) in [4.78, 5) is 6.15. The molecule has 0 amide bonds. The van der Waals surface area contributed by atoms with Gasteiger partial charge in [-0.1, -0.05) is 60.7 Å². The largest absolute Gasteiger partial charge is 0.361 e. The topological polar surface area (TPSA) is 19.0 Å². The van der Waals surface area contributed by atoms with E-state index in [1.54, 1.807) is 0 Å². The lowest BCUT2D eigenvalue weighted by atomic mass is 9.80. The molecule has 3 atom stereocenters. The second-order valence-corrected chi connectivity index (χ2v) is 8.32. The summed E-state index contributed by atoms with van der Waals surface area (Å²) in [7, 11) is 0. The highest BCUT2D eigenvalue weighted by Gasteiger charge is 2.32. The van der Waals surface area contributed by atoms with Crippen LogP contribution in [0.2, 0.25) is 0 Å². The molecule has 0 aliphatic carbocycles. The maximum absolute atomic E-state index is 3.43. The van der Waals surface area contributed by atoms with E-state index >= 15 is 0 Å². The molecular formula is C26H32N2. The fourth-order valence-electron chi connectivity index (χ4n) is 4.91. The van der Waals surface area contributed by atoms with E-state index in [2.05, 4.69) is 96.7 Å². The van der Waals surface area contributed by atoms with Gasteiger partial charge in [0.2, 0.25) is 0 Å². The minimum atomic E-state index is 0.618. The number of piperidine rings is 1. The number of aromatic amines is 1. The van der Waals surface area contributed by atoms with E-state index in [0.29, 0.717) is 17.9 Å². The number of fused-ring (bicyclic) bond motifs is 1. The van der Waals surface area contributed by atoms with Gasteiger partial charge in [0.1, 0.15) is 0 Å². The van der Waals surface area contributed by atoms with Crippen LogP contribution in [0.3, 0.4) is 0 Å². The van der Waals surface area contributed by atoms with Crippen LogP contribution in [0.25, 0.3) is 10.9 Å². The first-order valence-electron chi connectivity index (χ1n) is 10.7. The average molecular weight is 373 g/mol. The Morgan fingerprint density at radius 2 is 1.86 bits per heavy atom. The minimum absolute atomic E-state index is 0.618. The van der Waals surface area contributed by atoms with Gasteiger partial charge in [-0.2, -0.15) is 0 Å². The zero-order valence-corrected chi connectivity index (χ0v) is 17.1. The second-order valence-electron chi connectivity index (χ2n) is 8.32. The maximum Gasteiger partial charge on any atom is 0.0456 e. The zero-order valence-electron chi connectivity index (χ0n) is 17.1. The Balaban J connectivity index is 1.48. The summed E-state index contributed by atoms with van der Waals surface area (Å²) < 4.78 is 0. The number of allylic oxidation sites excluding steroid dienone is 1. The first-order valence-corrected chi connectivity index (χ1v) is 10.7. The lowest BCUT2D eigenvalue weighted by Crippen LogP contribution is -2.48. The number of likely N-dealkylation sites (tertiary alicyclic amines) is 1. The Kier molecular flexibility index (Phi) is 5.97. The molecule has 28 heavy (non-hydrogen) atoms. The SMILES string of the molecule is C/C=C\C1CC(Cc2ccccc2)C(C)N(CCc2c[nH]c3ccccc23)C1. The predicted octanol–water partition coefficient (Wildman–Crippen LogP) is 5.86. The smallest absolute Gasteiger partial charge is 0.0456 e. The molecule has 3 aromatic rings. The van der Waals surface area contributed by atoms with Crippen molar-refractivity contribution in [3.05, 3.63) is 84.1 Å². The van der Waals surface area contributed by atoms with Crippen LogP contribution in [0.5, 0.6) is 0 Å². The molecule has 0 saturated carbocycles. The molecule has 1 N–H and O–H groups in total. The van der Waals surface area contributed by atoms with Crippen molar-refractivity contribution in [1.29, 1.82) is 0 Å². The normalized spacial score (nSPS) is 23.6. The minimum Gasteiger partial charge on any atom is -0.361 e. The number of H-pyrrole nitrogens is 1. The molecule has 2 nitrogen and oxygen atoms in total. The fraction of sp³-hybridized carbons (Fsp3) is 0.385. The van der Waals surface area contributed by atoms with Gasteiger partial charge < -0.3 is 4.98 Å². The first kappa shape index (κ1) is 19.0. The molecule has 1 aliphatic heterocycles. The molecular weight excluding hydrogens is 340 g/mol. The highest BCUT2D eigenvalue weighted by molar-refractivity contribution is 5.83. The monoisotopic (exact) mass is 372 g/mol. The molecule has 3 unspecified atom stereocenters. The van der Waals surface area contributed by atoms with Crippen molar-refractivity contribution in [3.63, 3.8) is 0 Å². The Morgan fingerprint density at radius 3 is 2.68 bits per heavy atom. The van der Waals surface area contributed by atoms with E-state index in [1.807, 2.05) is 0 Å². The van der Waals surface area contributed by atoms with Crippen LogP contribution < -0.4 is 0 Å². The van der Waals surface area contributed by atoms with E-state index in [-0.39, 0.29) is 0 Å². The Bertz CT molecular complexity index is 908. The maximum atomic E-state index is 3.43. The molecule has 0 bridgehead atoms. The third kappa shape index (κ3) is 4.23. The van der Waals surface area contributed by atoms with Gasteiger partial charge in [-0.05, 0) is 62.1 Å². The molecule has 2 heterocycles. The number of para-hydroxylation sites is 1. The van der Waals surface area contributed by atoms with E-state index in [1.165, 1.54) is 41.4 Å². The molecule has 2 aromatic carbocycles. The lowest BCUT2D eigenvalue weighted by molar-refractivity contribution is 0.0816. The summed E-state index contributed by atoms with van der Waals surface area (Å²) >= 11 is 0. The van der Waals surface area contributed by atoms with Gasteiger partial charge in [-0.3, -0.25) is 4.90 Å². The van der Waals surface area contributed by atoms with Gasteiger partial charge in [-0.25, -0.2) is 0 Å². The number of rotatable bonds is 6. The quantitative estimate of drug-likeness (QED) is 0.537. The number of benzene rings is 2. The standard InChI is InChI=1S/C26H32N2/c1-3-9-22-17-24(16-21-10-5-4-6-11-21)20(2)28(19-22)15-14-23-18-27-26-13-8-7-12-25(23)26/h3-13,18,20,22,24,27H,14-17,19H2,1-2H3/b9-3-. The Hall–Kier alpha value is -2.32. The highest BCUT2D eigenvalue weighted by atomic mass is 15.2. The molecule has 0 radical (unpaired) electrons. The van der Waals surface area contributed by atoms with Crippen molar-refractivity contribution in [3.8, 4) is 0 Å². The molecule has 2 heteroatoms. The predicted molar refractivity (Wildman–Crippen MR) is 120 cm³/mol. The number of hydrogen-bond acceptors (Lipinski definition) is 1.